The van der Waals surface area contributed by atoms with Crippen LogP contribution in [-0.4, -0.2) is 16.7 Å². The number of hydrogen-bond acceptors (Lipinski definition) is 3. The maximum Gasteiger partial charge on any atom is 0.412 e. The minimum Gasteiger partial charge on any atom is -0.444 e. The molecule has 1 amide bonds. The van der Waals surface area contributed by atoms with E-state index in [1.165, 1.54) is 0 Å². The Morgan fingerprint density at radius 2 is 2.00 bits per heavy atom. The molecule has 0 aliphatic heterocycles. The van der Waals surface area contributed by atoms with Gasteiger partial charge in [0.05, 0.1) is 11.2 Å². The van der Waals surface area contributed by atoms with E-state index in [1.807, 2.05) is 45.0 Å². The lowest BCUT2D eigenvalue weighted by atomic mass is 10.2. The first-order chi connectivity index (χ1) is 8.85. The number of pyridine rings is 1. The topological polar surface area (TPSA) is 51.2 Å². The van der Waals surface area contributed by atoms with Gasteiger partial charge in [0, 0.05) is 5.39 Å². The van der Waals surface area contributed by atoms with Crippen molar-refractivity contribution in [1.29, 1.82) is 0 Å². The van der Waals surface area contributed by atoms with E-state index in [-0.39, 0.29) is 0 Å². The van der Waals surface area contributed by atoms with Crippen LogP contribution >= 0.6 is 11.6 Å². The van der Waals surface area contributed by atoms with E-state index in [9.17, 15) is 4.79 Å². The number of nitrogens with one attached hydrogen (secondary N) is 1. The molecule has 0 bridgehead atoms. The molecule has 0 saturated carbocycles. The molecule has 0 atom stereocenters. The smallest absolute Gasteiger partial charge is 0.412 e. The van der Waals surface area contributed by atoms with E-state index >= 15 is 0 Å². The SMILES string of the molecule is CC(C)(C)OC(=O)Nc1cc(Cl)nc2ccccc12. The van der Waals surface area contributed by atoms with Gasteiger partial charge >= 0.3 is 6.09 Å². The molecule has 2 aromatic rings. The van der Waals surface area contributed by atoms with Gasteiger partial charge in [0.1, 0.15) is 10.8 Å². The predicted molar refractivity (Wildman–Crippen MR) is 76.6 cm³/mol. The summed E-state index contributed by atoms with van der Waals surface area (Å²) in [7, 11) is 0. The van der Waals surface area contributed by atoms with E-state index < -0.39 is 11.7 Å². The minimum absolute atomic E-state index is 0.324. The van der Waals surface area contributed by atoms with Gasteiger partial charge in [-0.3, -0.25) is 5.32 Å². The number of carbonyl (C=O) groups excluding carboxylic acids is 1. The van der Waals surface area contributed by atoms with Crippen LogP contribution in [0.2, 0.25) is 5.15 Å². The van der Waals surface area contributed by atoms with Crippen molar-refractivity contribution in [3.8, 4) is 0 Å². The van der Waals surface area contributed by atoms with Crippen LogP contribution < -0.4 is 5.32 Å². The largest absolute Gasteiger partial charge is 0.444 e. The number of halogens is 1. The molecule has 0 radical (unpaired) electrons. The van der Waals surface area contributed by atoms with Crippen molar-refractivity contribution in [2.75, 3.05) is 5.32 Å². The molecule has 0 spiro atoms. The molecule has 19 heavy (non-hydrogen) atoms. The highest BCUT2D eigenvalue weighted by molar-refractivity contribution is 6.30. The number of aromatic nitrogens is 1. The number of fused-ring (bicyclic) bond motifs is 1. The van der Waals surface area contributed by atoms with Crippen molar-refractivity contribution in [3.63, 3.8) is 0 Å². The Balaban J connectivity index is 2.32. The van der Waals surface area contributed by atoms with E-state index in [2.05, 4.69) is 10.3 Å². The average Bonchev–Trinajstić information content (AvgIpc) is 2.25. The monoisotopic (exact) mass is 278 g/mol. The number of rotatable bonds is 1. The van der Waals surface area contributed by atoms with Crippen LogP contribution in [0.4, 0.5) is 10.5 Å². The van der Waals surface area contributed by atoms with E-state index in [0.29, 0.717) is 10.8 Å². The number of nitrogens with zero attached hydrogens (tertiary/aromatic N) is 1. The van der Waals surface area contributed by atoms with Crippen LogP contribution in [0.25, 0.3) is 10.9 Å². The lowest BCUT2D eigenvalue weighted by Gasteiger charge is -2.20. The summed E-state index contributed by atoms with van der Waals surface area (Å²) in [5.41, 5.74) is 0.766. The molecule has 2 rings (SSSR count). The van der Waals surface area contributed by atoms with Crippen molar-refractivity contribution < 1.29 is 9.53 Å². The fourth-order valence-electron chi connectivity index (χ4n) is 1.66. The number of ether oxygens (including phenoxy) is 1. The minimum atomic E-state index is -0.545. The van der Waals surface area contributed by atoms with Crippen molar-refractivity contribution >= 4 is 34.3 Å². The summed E-state index contributed by atoms with van der Waals surface area (Å²) in [6, 6.07) is 9.04. The van der Waals surface area contributed by atoms with Crippen LogP contribution in [0.5, 0.6) is 0 Å². The number of benzene rings is 1. The Morgan fingerprint density at radius 3 is 2.68 bits per heavy atom. The third-order valence-corrected chi connectivity index (χ3v) is 2.51. The molecular formula is C14H15ClN2O2. The van der Waals surface area contributed by atoms with E-state index in [0.717, 1.165) is 10.9 Å². The number of amides is 1. The molecule has 1 aromatic heterocycles. The summed E-state index contributed by atoms with van der Waals surface area (Å²) in [5.74, 6) is 0. The lowest BCUT2D eigenvalue weighted by molar-refractivity contribution is 0.0636. The van der Waals surface area contributed by atoms with Gasteiger partial charge in [0.25, 0.3) is 0 Å². The second kappa shape index (κ2) is 5.05. The number of para-hydroxylation sites is 1. The van der Waals surface area contributed by atoms with Gasteiger partial charge in [-0.05, 0) is 32.9 Å². The van der Waals surface area contributed by atoms with E-state index in [1.54, 1.807) is 6.07 Å². The molecule has 0 fully saturated rings. The number of anilines is 1. The van der Waals surface area contributed by atoms with Gasteiger partial charge < -0.3 is 4.74 Å². The first-order valence-electron chi connectivity index (χ1n) is 5.90. The molecule has 1 N–H and O–H groups in total. The molecule has 5 heteroatoms. The Hall–Kier alpha value is -1.81. The zero-order valence-electron chi connectivity index (χ0n) is 11.0. The second-order valence-corrected chi connectivity index (χ2v) is 5.52. The Bertz CT molecular complexity index is 620. The molecule has 4 nitrogen and oxygen atoms in total. The van der Waals surface area contributed by atoms with Gasteiger partial charge in [-0.25, -0.2) is 9.78 Å². The molecule has 0 saturated heterocycles. The summed E-state index contributed by atoms with van der Waals surface area (Å²) in [6.45, 7) is 5.43. The molecule has 0 aliphatic carbocycles. The summed E-state index contributed by atoms with van der Waals surface area (Å²) >= 11 is 5.94. The van der Waals surface area contributed by atoms with Crippen LogP contribution in [0, 0.1) is 0 Å². The van der Waals surface area contributed by atoms with Crippen molar-refractivity contribution in [2.24, 2.45) is 0 Å². The molecule has 1 heterocycles. The Morgan fingerprint density at radius 1 is 1.32 bits per heavy atom. The third kappa shape index (κ3) is 3.58. The highest BCUT2D eigenvalue weighted by Gasteiger charge is 2.17. The summed E-state index contributed by atoms with van der Waals surface area (Å²) in [5, 5.41) is 3.84. The Kier molecular flexibility index (Phi) is 3.62. The zero-order valence-corrected chi connectivity index (χ0v) is 11.8. The summed E-state index contributed by atoms with van der Waals surface area (Å²) < 4.78 is 5.22. The van der Waals surface area contributed by atoms with Crippen molar-refractivity contribution in [1.82, 2.24) is 4.98 Å². The van der Waals surface area contributed by atoms with Gasteiger partial charge in [0.2, 0.25) is 0 Å². The third-order valence-electron chi connectivity index (χ3n) is 2.32. The Labute approximate surface area is 116 Å². The molecule has 100 valence electrons. The predicted octanol–water partition coefficient (Wildman–Crippen LogP) is 4.24. The van der Waals surface area contributed by atoms with Gasteiger partial charge in [0.15, 0.2) is 0 Å². The van der Waals surface area contributed by atoms with E-state index in [4.69, 9.17) is 16.3 Å². The fourth-order valence-corrected chi connectivity index (χ4v) is 1.86. The molecule has 1 aromatic carbocycles. The lowest BCUT2D eigenvalue weighted by Crippen LogP contribution is -2.27. The summed E-state index contributed by atoms with van der Waals surface area (Å²) in [4.78, 5) is 16.0. The molecular weight excluding hydrogens is 264 g/mol. The van der Waals surface area contributed by atoms with Crippen molar-refractivity contribution in [2.45, 2.75) is 26.4 Å². The molecule has 0 aliphatic rings. The highest BCUT2D eigenvalue weighted by atomic mass is 35.5. The van der Waals surface area contributed by atoms with Gasteiger partial charge in [-0.2, -0.15) is 0 Å². The van der Waals surface area contributed by atoms with Crippen LogP contribution in [0.3, 0.4) is 0 Å². The standard InChI is InChI=1S/C14H15ClN2O2/c1-14(2,3)19-13(18)17-11-8-12(15)16-10-7-5-4-6-9(10)11/h4-8H,1-3H3,(H,16,17,18). The van der Waals surface area contributed by atoms with Gasteiger partial charge in [-0.1, -0.05) is 29.8 Å². The van der Waals surface area contributed by atoms with Gasteiger partial charge in [-0.15, -0.1) is 0 Å². The van der Waals surface area contributed by atoms with Crippen molar-refractivity contribution in [3.05, 3.63) is 35.5 Å². The maximum atomic E-state index is 11.8. The highest BCUT2D eigenvalue weighted by Crippen LogP contribution is 2.25. The normalized spacial score (nSPS) is 11.4. The van der Waals surface area contributed by atoms with Crippen LogP contribution in [0.1, 0.15) is 20.8 Å². The van der Waals surface area contributed by atoms with Crippen LogP contribution in [0.15, 0.2) is 30.3 Å². The number of carbonyl (C=O) groups is 1. The maximum absolute atomic E-state index is 11.8. The summed E-state index contributed by atoms with van der Waals surface area (Å²) in [6.07, 6.45) is -0.514. The quantitative estimate of drug-likeness (QED) is 0.794. The first-order valence-corrected chi connectivity index (χ1v) is 6.28. The molecule has 0 unspecified atom stereocenters. The van der Waals surface area contributed by atoms with Crippen LogP contribution in [-0.2, 0) is 4.74 Å². The first kappa shape index (κ1) is 13.6. The average molecular weight is 279 g/mol. The second-order valence-electron chi connectivity index (χ2n) is 5.14. The fraction of sp³-hybridized carbons (Fsp3) is 0.286. The number of hydrogen-bond donors (Lipinski definition) is 1. The zero-order chi connectivity index (χ0) is 14.0.